The second-order valence-corrected chi connectivity index (χ2v) is 5.94. The molecule has 0 aliphatic carbocycles. The molecule has 0 saturated carbocycles. The van der Waals surface area contributed by atoms with E-state index >= 15 is 0 Å². The Kier molecular flexibility index (Phi) is 4.10. The molecule has 0 spiro atoms. The van der Waals surface area contributed by atoms with Gasteiger partial charge in [0.25, 0.3) is 0 Å². The second-order valence-electron chi connectivity index (χ2n) is 5.94. The van der Waals surface area contributed by atoms with Crippen molar-refractivity contribution in [1.29, 1.82) is 0 Å². The van der Waals surface area contributed by atoms with Crippen molar-refractivity contribution in [2.24, 2.45) is 5.92 Å². The quantitative estimate of drug-likeness (QED) is 0.887. The van der Waals surface area contributed by atoms with Crippen LogP contribution in [0.4, 0.5) is 0 Å². The van der Waals surface area contributed by atoms with Crippen molar-refractivity contribution in [1.82, 2.24) is 14.9 Å². The summed E-state index contributed by atoms with van der Waals surface area (Å²) in [5.74, 6) is 2.48. The van der Waals surface area contributed by atoms with Crippen molar-refractivity contribution < 1.29 is 0 Å². The van der Waals surface area contributed by atoms with Gasteiger partial charge in [0.1, 0.15) is 5.82 Å². The lowest BCUT2D eigenvalue weighted by Gasteiger charge is -2.26. The maximum Gasteiger partial charge on any atom is 0.112 e. The third-order valence-electron chi connectivity index (χ3n) is 4.34. The van der Waals surface area contributed by atoms with Crippen molar-refractivity contribution in [3.63, 3.8) is 0 Å². The molecule has 2 atom stereocenters. The van der Waals surface area contributed by atoms with Crippen LogP contribution in [0.1, 0.15) is 70.2 Å². The Labute approximate surface area is 111 Å². The zero-order valence-electron chi connectivity index (χ0n) is 12.5. The summed E-state index contributed by atoms with van der Waals surface area (Å²) in [5.41, 5.74) is 2.75. The van der Waals surface area contributed by atoms with Crippen LogP contribution >= 0.6 is 0 Å². The molecule has 1 aliphatic rings. The molecule has 1 N–H and O–H groups in total. The van der Waals surface area contributed by atoms with E-state index in [-0.39, 0.29) is 0 Å². The fourth-order valence-electron chi connectivity index (χ4n) is 2.81. The van der Waals surface area contributed by atoms with Gasteiger partial charge in [-0.3, -0.25) is 0 Å². The first-order valence-corrected chi connectivity index (χ1v) is 7.36. The molecule has 0 amide bonds. The van der Waals surface area contributed by atoms with E-state index in [2.05, 4.69) is 44.5 Å². The smallest absolute Gasteiger partial charge is 0.112 e. The fraction of sp³-hybridized carbons (Fsp3) is 0.800. The molecule has 2 heterocycles. The molecule has 18 heavy (non-hydrogen) atoms. The highest BCUT2D eigenvalue weighted by Crippen LogP contribution is 2.30. The minimum absolute atomic E-state index is 0.502. The van der Waals surface area contributed by atoms with Gasteiger partial charge in [0.2, 0.25) is 0 Å². The number of imidazole rings is 1. The molecule has 2 unspecified atom stereocenters. The Morgan fingerprint density at radius 2 is 2.00 bits per heavy atom. The molecule has 0 fully saturated rings. The minimum Gasteiger partial charge on any atom is -0.328 e. The van der Waals surface area contributed by atoms with E-state index in [1.165, 1.54) is 23.6 Å². The first-order chi connectivity index (χ1) is 8.56. The number of hydrogen-bond acceptors (Lipinski definition) is 2. The van der Waals surface area contributed by atoms with E-state index in [1.54, 1.807) is 0 Å². The zero-order chi connectivity index (χ0) is 13.3. The third-order valence-corrected chi connectivity index (χ3v) is 4.34. The molecular weight excluding hydrogens is 222 g/mol. The van der Waals surface area contributed by atoms with Gasteiger partial charge in [-0.25, -0.2) is 4.98 Å². The Morgan fingerprint density at radius 1 is 1.28 bits per heavy atom. The standard InChI is InChI=1S/C15H27N3/c1-6-11(4)12(5)18-14-7-8-16-9-13(14)17-15(18)10(2)3/h10-12,16H,6-9H2,1-5H3. The molecule has 1 aromatic heterocycles. The van der Waals surface area contributed by atoms with Crippen LogP contribution in [-0.2, 0) is 13.0 Å². The fourth-order valence-corrected chi connectivity index (χ4v) is 2.81. The Bertz CT molecular complexity index is 406. The normalized spacial score (nSPS) is 18.8. The summed E-state index contributed by atoms with van der Waals surface area (Å²) in [5, 5.41) is 3.43. The lowest BCUT2D eigenvalue weighted by atomic mass is 9.99. The average molecular weight is 249 g/mol. The predicted molar refractivity (Wildman–Crippen MR) is 75.9 cm³/mol. The van der Waals surface area contributed by atoms with Crippen LogP contribution in [0, 0.1) is 5.92 Å². The number of rotatable bonds is 4. The molecule has 0 bridgehead atoms. The summed E-state index contributed by atoms with van der Waals surface area (Å²) >= 11 is 0. The maximum atomic E-state index is 4.89. The number of hydrogen-bond donors (Lipinski definition) is 1. The molecule has 1 aliphatic heterocycles. The highest BCUT2D eigenvalue weighted by Gasteiger charge is 2.25. The van der Waals surface area contributed by atoms with Crippen molar-refractivity contribution in [3.05, 3.63) is 17.2 Å². The zero-order valence-corrected chi connectivity index (χ0v) is 12.5. The van der Waals surface area contributed by atoms with Crippen LogP contribution in [0.2, 0.25) is 0 Å². The summed E-state index contributed by atoms with van der Waals surface area (Å²) in [4.78, 5) is 4.89. The van der Waals surface area contributed by atoms with Crippen molar-refractivity contribution >= 4 is 0 Å². The summed E-state index contributed by atoms with van der Waals surface area (Å²) in [6.07, 6.45) is 2.35. The number of fused-ring (bicyclic) bond motifs is 1. The topological polar surface area (TPSA) is 29.9 Å². The van der Waals surface area contributed by atoms with Crippen LogP contribution in [0.5, 0.6) is 0 Å². The van der Waals surface area contributed by atoms with Crippen LogP contribution in [0.25, 0.3) is 0 Å². The molecule has 3 heteroatoms. The van der Waals surface area contributed by atoms with Gasteiger partial charge < -0.3 is 9.88 Å². The van der Waals surface area contributed by atoms with E-state index in [4.69, 9.17) is 4.98 Å². The van der Waals surface area contributed by atoms with Gasteiger partial charge in [-0.15, -0.1) is 0 Å². The summed E-state index contributed by atoms with van der Waals surface area (Å²) in [7, 11) is 0. The number of nitrogens with one attached hydrogen (secondary N) is 1. The Hall–Kier alpha value is -0.830. The first kappa shape index (κ1) is 13.6. The van der Waals surface area contributed by atoms with Gasteiger partial charge >= 0.3 is 0 Å². The highest BCUT2D eigenvalue weighted by atomic mass is 15.1. The molecule has 2 rings (SSSR count). The first-order valence-electron chi connectivity index (χ1n) is 7.36. The minimum atomic E-state index is 0.502. The molecule has 3 nitrogen and oxygen atoms in total. The van der Waals surface area contributed by atoms with Crippen LogP contribution in [-0.4, -0.2) is 16.1 Å². The predicted octanol–water partition coefficient (Wildman–Crippen LogP) is 3.26. The molecule has 1 aromatic rings. The van der Waals surface area contributed by atoms with Gasteiger partial charge in [0.15, 0.2) is 0 Å². The summed E-state index contributed by atoms with van der Waals surface area (Å²) < 4.78 is 2.54. The molecular formula is C15H27N3. The lowest BCUT2D eigenvalue weighted by molar-refractivity contribution is 0.348. The average Bonchev–Trinajstić information content (AvgIpc) is 2.76. The molecule has 0 aromatic carbocycles. The van der Waals surface area contributed by atoms with E-state index in [1.807, 2.05) is 0 Å². The van der Waals surface area contributed by atoms with Gasteiger partial charge in [-0.05, 0) is 12.8 Å². The molecule has 102 valence electrons. The lowest BCUT2D eigenvalue weighted by Crippen LogP contribution is -2.27. The van der Waals surface area contributed by atoms with Crippen LogP contribution < -0.4 is 5.32 Å². The van der Waals surface area contributed by atoms with E-state index < -0.39 is 0 Å². The Balaban J connectivity index is 2.45. The van der Waals surface area contributed by atoms with Crippen LogP contribution in [0.15, 0.2) is 0 Å². The number of nitrogens with zero attached hydrogens (tertiary/aromatic N) is 2. The van der Waals surface area contributed by atoms with Crippen LogP contribution in [0.3, 0.4) is 0 Å². The van der Waals surface area contributed by atoms with Gasteiger partial charge in [-0.2, -0.15) is 0 Å². The Morgan fingerprint density at radius 3 is 2.61 bits per heavy atom. The second kappa shape index (κ2) is 5.43. The van der Waals surface area contributed by atoms with E-state index in [9.17, 15) is 0 Å². The SMILES string of the molecule is CCC(C)C(C)n1c(C(C)C)nc2c1CCNC2. The summed E-state index contributed by atoms with van der Waals surface area (Å²) in [6.45, 7) is 13.5. The van der Waals surface area contributed by atoms with Gasteiger partial charge in [0, 0.05) is 37.2 Å². The van der Waals surface area contributed by atoms with Gasteiger partial charge in [0.05, 0.1) is 5.69 Å². The molecule has 0 saturated heterocycles. The van der Waals surface area contributed by atoms with Gasteiger partial charge in [-0.1, -0.05) is 34.1 Å². The maximum absolute atomic E-state index is 4.89. The highest BCUT2D eigenvalue weighted by molar-refractivity contribution is 5.22. The van der Waals surface area contributed by atoms with E-state index in [0.29, 0.717) is 17.9 Å². The van der Waals surface area contributed by atoms with Crippen molar-refractivity contribution in [3.8, 4) is 0 Å². The monoisotopic (exact) mass is 249 g/mol. The van der Waals surface area contributed by atoms with E-state index in [0.717, 1.165) is 19.5 Å². The number of aromatic nitrogens is 2. The summed E-state index contributed by atoms with van der Waals surface area (Å²) in [6, 6.07) is 0.557. The molecule has 0 radical (unpaired) electrons. The van der Waals surface area contributed by atoms with Crippen molar-refractivity contribution in [2.45, 2.75) is 66.0 Å². The third kappa shape index (κ3) is 2.33. The largest absolute Gasteiger partial charge is 0.328 e. The van der Waals surface area contributed by atoms with Crippen molar-refractivity contribution in [2.75, 3.05) is 6.54 Å².